The third kappa shape index (κ3) is 7.44. The second kappa shape index (κ2) is 12.6. The lowest BCUT2D eigenvalue weighted by molar-refractivity contribution is -0.156. The van der Waals surface area contributed by atoms with Crippen molar-refractivity contribution in [2.75, 3.05) is 0 Å². The Labute approximate surface area is 185 Å². The number of carbonyl (C=O) groups is 4. The first kappa shape index (κ1) is 25.0. The summed E-state index contributed by atoms with van der Waals surface area (Å²) in [6.45, 7) is 4.04. The van der Waals surface area contributed by atoms with Crippen LogP contribution in [0.2, 0.25) is 0 Å². The molecule has 3 rings (SSSR count). The average Bonchev–Trinajstić information content (AvgIpc) is 3.18. The van der Waals surface area contributed by atoms with Crippen LogP contribution in [-0.2, 0) is 28.7 Å². The van der Waals surface area contributed by atoms with Crippen LogP contribution in [0.25, 0.3) is 0 Å². The molecule has 3 aliphatic rings. The maximum Gasteiger partial charge on any atom is 0.321 e. The Morgan fingerprint density at radius 3 is 2.23 bits per heavy atom. The van der Waals surface area contributed by atoms with Crippen molar-refractivity contribution in [2.24, 2.45) is 17.3 Å². The van der Waals surface area contributed by atoms with E-state index in [1.807, 2.05) is 24.3 Å². The van der Waals surface area contributed by atoms with Gasteiger partial charge in [0.05, 0.1) is 23.7 Å². The van der Waals surface area contributed by atoms with Crippen LogP contribution in [-0.4, -0.2) is 23.9 Å². The number of fused-ring (bicyclic) bond motifs is 1. The minimum atomic E-state index is -0.578. The van der Waals surface area contributed by atoms with Crippen molar-refractivity contribution in [3.63, 3.8) is 0 Å². The molecule has 0 amide bonds. The Bertz CT molecular complexity index is 707. The van der Waals surface area contributed by atoms with Crippen molar-refractivity contribution in [3.8, 4) is 0 Å². The van der Waals surface area contributed by atoms with E-state index in [4.69, 9.17) is 0 Å². The summed E-state index contributed by atoms with van der Waals surface area (Å²) in [5.41, 5.74) is -0.578. The van der Waals surface area contributed by atoms with E-state index < -0.39 is 17.4 Å². The zero-order valence-corrected chi connectivity index (χ0v) is 18.9. The van der Waals surface area contributed by atoms with Crippen LogP contribution in [0.5, 0.6) is 0 Å². The van der Waals surface area contributed by atoms with Gasteiger partial charge in [-0.15, -0.1) is 0 Å². The van der Waals surface area contributed by atoms with Gasteiger partial charge in [-0.1, -0.05) is 76.2 Å². The van der Waals surface area contributed by atoms with Gasteiger partial charge in [-0.3, -0.25) is 19.2 Å². The highest BCUT2D eigenvalue weighted by molar-refractivity contribution is 5.99. The predicted octanol–water partition coefficient (Wildman–Crippen LogP) is 5.21. The summed E-state index contributed by atoms with van der Waals surface area (Å²) >= 11 is 0. The zero-order valence-electron chi connectivity index (χ0n) is 18.9. The molecule has 6 heteroatoms. The molecule has 0 aromatic carbocycles. The van der Waals surface area contributed by atoms with Crippen molar-refractivity contribution in [1.29, 1.82) is 0 Å². The van der Waals surface area contributed by atoms with E-state index in [1.54, 1.807) is 6.92 Å². The van der Waals surface area contributed by atoms with Crippen LogP contribution in [0.3, 0.4) is 0 Å². The van der Waals surface area contributed by atoms with E-state index in [9.17, 15) is 19.2 Å². The van der Waals surface area contributed by atoms with Crippen molar-refractivity contribution in [1.82, 2.24) is 0 Å². The third-order valence-corrected chi connectivity index (χ3v) is 6.29. The molecule has 0 saturated carbocycles. The van der Waals surface area contributed by atoms with E-state index in [0.29, 0.717) is 12.8 Å². The minimum absolute atomic E-state index is 0.215. The van der Waals surface area contributed by atoms with Crippen molar-refractivity contribution >= 4 is 23.9 Å². The maximum atomic E-state index is 11.3. The molecule has 3 atom stereocenters. The second-order valence-electron chi connectivity index (χ2n) is 8.89. The molecule has 1 aliphatic carbocycles. The summed E-state index contributed by atoms with van der Waals surface area (Å²) in [6, 6.07) is 0. The van der Waals surface area contributed by atoms with Crippen LogP contribution in [0.1, 0.15) is 90.9 Å². The third-order valence-electron chi connectivity index (χ3n) is 6.29. The molecule has 0 spiro atoms. The molecule has 0 aromatic rings. The smallest absolute Gasteiger partial charge is 0.321 e. The fraction of sp³-hybridized carbons (Fsp3) is 0.680. The fourth-order valence-corrected chi connectivity index (χ4v) is 4.12. The number of cyclic esters (lactones) is 4. The molecule has 0 radical (unpaired) electrons. The normalized spacial score (nSPS) is 27.2. The number of rotatable bonds is 10. The largest absolute Gasteiger partial charge is 0.393 e. The molecule has 2 fully saturated rings. The van der Waals surface area contributed by atoms with Gasteiger partial charge in [-0.05, 0) is 32.6 Å². The van der Waals surface area contributed by atoms with Gasteiger partial charge in [-0.25, -0.2) is 0 Å². The van der Waals surface area contributed by atoms with Gasteiger partial charge >= 0.3 is 23.9 Å². The zero-order chi connectivity index (χ0) is 22.7. The van der Waals surface area contributed by atoms with Crippen LogP contribution >= 0.6 is 0 Å². The lowest BCUT2D eigenvalue weighted by Crippen LogP contribution is -2.31. The van der Waals surface area contributed by atoms with Gasteiger partial charge in [0.15, 0.2) is 0 Å². The first-order chi connectivity index (χ1) is 14.9. The Balaban J connectivity index is 0.000000242. The molecule has 0 bridgehead atoms. The highest BCUT2D eigenvalue weighted by Gasteiger charge is 2.53. The molecule has 2 heterocycles. The summed E-state index contributed by atoms with van der Waals surface area (Å²) in [4.78, 5) is 44.5. The highest BCUT2D eigenvalue weighted by Crippen LogP contribution is 2.44. The Morgan fingerprint density at radius 1 is 0.935 bits per heavy atom. The number of unbranched alkanes of at least 4 members (excludes halogenated alkanes) is 8. The minimum Gasteiger partial charge on any atom is -0.393 e. The van der Waals surface area contributed by atoms with Gasteiger partial charge in [0.25, 0.3) is 0 Å². The molecule has 2 saturated heterocycles. The van der Waals surface area contributed by atoms with Gasteiger partial charge in [0.1, 0.15) is 0 Å². The number of esters is 4. The van der Waals surface area contributed by atoms with Crippen molar-refractivity contribution < 1.29 is 28.7 Å². The predicted molar refractivity (Wildman–Crippen MR) is 117 cm³/mol. The van der Waals surface area contributed by atoms with Gasteiger partial charge in [0, 0.05) is 0 Å². The standard InChI is InChI=1S/C16H26O3.C9H10O3/c1-2-3-4-5-6-7-8-9-10-11-12-14-13-15(17)19-16(14)18;1-9-5-3-2-4-6(9)7(10)12-8(9)11/h11-12,14H,2-10,13H2,1H3;2-3,6H,4-5H2,1H3/b12-11+;. The maximum absolute atomic E-state index is 11.3. The molecule has 31 heavy (non-hydrogen) atoms. The van der Waals surface area contributed by atoms with E-state index >= 15 is 0 Å². The summed E-state index contributed by atoms with van der Waals surface area (Å²) < 4.78 is 9.08. The quantitative estimate of drug-likeness (QED) is 0.204. The Morgan fingerprint density at radius 2 is 1.61 bits per heavy atom. The molecule has 3 unspecified atom stereocenters. The summed E-state index contributed by atoms with van der Waals surface area (Å²) in [5.74, 6) is -2.07. The molecule has 2 aliphatic heterocycles. The van der Waals surface area contributed by atoms with Gasteiger partial charge in [-0.2, -0.15) is 0 Å². The van der Waals surface area contributed by atoms with Crippen molar-refractivity contribution in [2.45, 2.75) is 90.9 Å². The van der Waals surface area contributed by atoms with Crippen LogP contribution in [0, 0.1) is 17.3 Å². The van der Waals surface area contributed by atoms with Gasteiger partial charge in [0.2, 0.25) is 0 Å². The Kier molecular flexibility index (Phi) is 10.2. The monoisotopic (exact) mass is 432 g/mol. The summed E-state index contributed by atoms with van der Waals surface area (Å²) in [6.07, 6.45) is 20.7. The number of hydrogen-bond acceptors (Lipinski definition) is 6. The first-order valence-corrected chi connectivity index (χ1v) is 11.7. The summed E-state index contributed by atoms with van der Waals surface area (Å²) in [5, 5.41) is 0. The molecule has 0 N–H and O–H groups in total. The number of hydrogen-bond donors (Lipinski definition) is 0. The Hall–Kier alpha value is -2.24. The first-order valence-electron chi connectivity index (χ1n) is 11.7. The lowest BCUT2D eigenvalue weighted by atomic mass is 9.72. The highest BCUT2D eigenvalue weighted by atomic mass is 16.6. The number of ether oxygens (including phenoxy) is 2. The van der Waals surface area contributed by atoms with Crippen LogP contribution in [0.4, 0.5) is 0 Å². The molecule has 0 aromatic heterocycles. The lowest BCUT2D eigenvalue weighted by Gasteiger charge is -2.25. The number of allylic oxidation sites excluding steroid dienone is 3. The van der Waals surface area contributed by atoms with E-state index in [1.165, 1.54) is 51.4 Å². The molecular formula is C25H36O6. The van der Waals surface area contributed by atoms with Crippen molar-refractivity contribution in [3.05, 3.63) is 24.3 Å². The summed E-state index contributed by atoms with van der Waals surface area (Å²) in [7, 11) is 0. The number of carbonyl (C=O) groups excluding carboxylic acids is 4. The molecule has 172 valence electrons. The average molecular weight is 433 g/mol. The SMILES string of the molecule is CC12CC=CCC1C(=O)OC2=O.CCCCCCCCCC/C=C/C1CC(=O)OC1=O. The van der Waals surface area contributed by atoms with Crippen LogP contribution in [0.15, 0.2) is 24.3 Å². The molecular weight excluding hydrogens is 396 g/mol. The van der Waals surface area contributed by atoms with Crippen LogP contribution < -0.4 is 0 Å². The second-order valence-corrected chi connectivity index (χ2v) is 8.89. The fourth-order valence-electron chi connectivity index (χ4n) is 4.12. The van der Waals surface area contributed by atoms with E-state index in [0.717, 1.165) is 6.42 Å². The van der Waals surface area contributed by atoms with E-state index in [2.05, 4.69) is 16.4 Å². The van der Waals surface area contributed by atoms with Gasteiger partial charge < -0.3 is 9.47 Å². The molecule has 6 nitrogen and oxygen atoms in total. The topological polar surface area (TPSA) is 86.7 Å². The van der Waals surface area contributed by atoms with E-state index in [-0.39, 0.29) is 30.2 Å².